The van der Waals surface area contributed by atoms with Crippen molar-refractivity contribution in [3.63, 3.8) is 0 Å². The molecule has 4 rings (SSSR count). The Labute approximate surface area is 215 Å². The molecule has 0 aliphatic carbocycles. The second-order valence-electron chi connectivity index (χ2n) is 7.87. The highest BCUT2D eigenvalue weighted by Gasteiger charge is 2.31. The van der Waals surface area contributed by atoms with Gasteiger partial charge in [0.15, 0.2) is 5.82 Å². The van der Waals surface area contributed by atoms with Gasteiger partial charge in [-0.2, -0.15) is 5.26 Å². The third-order valence-electron chi connectivity index (χ3n) is 5.13. The highest BCUT2D eigenvalue weighted by atomic mass is 31.2. The molecule has 0 aliphatic rings. The molecule has 1 unspecified atom stereocenters. The van der Waals surface area contributed by atoms with Gasteiger partial charge in [0.25, 0.3) is 0 Å². The van der Waals surface area contributed by atoms with E-state index in [9.17, 15) is 4.57 Å². The number of hydrogen-bond donors (Lipinski definition) is 1. The first-order valence-electron chi connectivity index (χ1n) is 11.6. The summed E-state index contributed by atoms with van der Waals surface area (Å²) >= 11 is 0. The first kappa shape index (κ1) is 25.7. The number of nitrogens with one attached hydrogen (secondary N) is 1. The quantitative estimate of drug-likeness (QED) is 0.221. The lowest BCUT2D eigenvalue weighted by molar-refractivity contribution is 0.373. The number of aromatic nitrogens is 4. The number of rotatable bonds is 11. The van der Waals surface area contributed by atoms with E-state index in [1.54, 1.807) is 53.2 Å². The molecule has 0 amide bonds. The number of nitrogens with zero attached hydrogens (tertiary/aromatic N) is 5. The zero-order valence-electron chi connectivity index (χ0n) is 20.0. The minimum absolute atomic E-state index is 0.139. The Morgan fingerprint density at radius 3 is 2.11 bits per heavy atom. The maximum Gasteiger partial charge on any atom is 0.444 e. The van der Waals surface area contributed by atoms with Crippen molar-refractivity contribution in [2.75, 3.05) is 6.29 Å². The molecule has 0 saturated heterocycles. The molecule has 1 aromatic heterocycles. The summed E-state index contributed by atoms with van der Waals surface area (Å²) in [7, 11) is -3.73. The average Bonchev–Trinajstić information content (AvgIpc) is 3.39. The molecule has 4 aromatic rings. The topological polar surface area (TPSA) is 115 Å². The van der Waals surface area contributed by atoms with E-state index in [2.05, 4.69) is 38.8 Å². The highest BCUT2D eigenvalue weighted by Crippen LogP contribution is 2.48. The van der Waals surface area contributed by atoms with Crippen molar-refractivity contribution in [3.8, 4) is 29.4 Å². The van der Waals surface area contributed by atoms with E-state index in [1.807, 2.05) is 42.5 Å². The van der Waals surface area contributed by atoms with Crippen LogP contribution in [0.15, 0.2) is 91.0 Å². The van der Waals surface area contributed by atoms with Crippen LogP contribution >= 0.6 is 7.60 Å². The summed E-state index contributed by atoms with van der Waals surface area (Å²) in [4.78, 5) is 0. The Balaban J connectivity index is 1.58. The van der Waals surface area contributed by atoms with Gasteiger partial charge in [-0.05, 0) is 46.8 Å². The van der Waals surface area contributed by atoms with Crippen LogP contribution in [0.1, 0.15) is 30.3 Å². The van der Waals surface area contributed by atoms with Gasteiger partial charge in [0.05, 0.1) is 25.1 Å². The lowest BCUT2D eigenvalue weighted by atomic mass is 10.1. The largest absolute Gasteiger partial charge is 0.444 e. The van der Waals surface area contributed by atoms with Crippen LogP contribution in [-0.2, 0) is 11.1 Å². The van der Waals surface area contributed by atoms with Gasteiger partial charge in [0.1, 0.15) is 17.8 Å². The molecule has 0 spiro atoms. The smallest absolute Gasteiger partial charge is 0.415 e. The van der Waals surface area contributed by atoms with E-state index in [0.29, 0.717) is 30.3 Å². The molecule has 0 aliphatic heterocycles. The van der Waals surface area contributed by atoms with Crippen LogP contribution in [0.4, 0.5) is 0 Å². The van der Waals surface area contributed by atoms with E-state index in [4.69, 9.17) is 14.3 Å². The number of tetrazole rings is 1. The summed E-state index contributed by atoms with van der Waals surface area (Å²) < 4.78 is 27.2. The van der Waals surface area contributed by atoms with Crippen LogP contribution < -0.4 is 14.4 Å². The molecule has 0 bridgehead atoms. The lowest BCUT2D eigenvalue weighted by Crippen LogP contribution is -2.28. The van der Waals surface area contributed by atoms with Crippen LogP contribution in [0.25, 0.3) is 0 Å². The van der Waals surface area contributed by atoms with E-state index in [1.165, 1.54) is 0 Å². The van der Waals surface area contributed by atoms with Gasteiger partial charge in [0.2, 0.25) is 0 Å². The average molecular weight is 513 g/mol. The van der Waals surface area contributed by atoms with E-state index in [-0.39, 0.29) is 12.7 Å². The molecule has 3 aromatic carbocycles. The van der Waals surface area contributed by atoms with Gasteiger partial charge < -0.3 is 9.05 Å². The SMILES string of the molecule is N#CCCn1nnnc1C(CC#Cc1ccccc1)NCP(=O)(Oc1ccccc1)Oc1ccccc1. The van der Waals surface area contributed by atoms with Crippen LogP contribution in [-0.4, -0.2) is 26.5 Å². The number of benzene rings is 3. The summed E-state index contributed by atoms with van der Waals surface area (Å²) in [5.41, 5.74) is 0.871. The minimum Gasteiger partial charge on any atom is -0.415 e. The number of para-hydroxylation sites is 2. The van der Waals surface area contributed by atoms with Gasteiger partial charge in [-0.1, -0.05) is 66.4 Å². The number of aryl methyl sites for hydroxylation is 1. The van der Waals surface area contributed by atoms with Crippen LogP contribution in [0.3, 0.4) is 0 Å². The molecule has 37 heavy (non-hydrogen) atoms. The third kappa shape index (κ3) is 7.78. The van der Waals surface area contributed by atoms with Gasteiger partial charge in [0, 0.05) is 12.0 Å². The Hall–Kier alpha value is -4.43. The summed E-state index contributed by atoms with van der Waals surface area (Å²) in [5.74, 6) is 7.59. The standard InChI is InChI=1S/C27H25N6O3P/c28-20-11-21-33-27(30-31-32-33)26(19-10-14-23-12-4-1-5-13-23)29-22-37(34,35-24-15-6-2-7-16-24)36-25-17-8-3-9-18-25/h1-9,12-13,15-18,26,29H,11,19,21-22H2. The summed E-state index contributed by atoms with van der Waals surface area (Å²) in [6.07, 6.45) is 0.422. The Morgan fingerprint density at radius 1 is 0.919 bits per heavy atom. The van der Waals surface area contributed by atoms with Gasteiger partial charge in [-0.3, -0.25) is 5.32 Å². The molecule has 0 radical (unpaired) electrons. The Kier molecular flexibility index (Phi) is 9.04. The highest BCUT2D eigenvalue weighted by molar-refractivity contribution is 7.54. The minimum atomic E-state index is -3.73. The van der Waals surface area contributed by atoms with Crippen molar-refractivity contribution >= 4 is 7.60 Å². The Morgan fingerprint density at radius 2 is 1.51 bits per heavy atom. The monoisotopic (exact) mass is 512 g/mol. The molecule has 1 atom stereocenters. The predicted molar refractivity (Wildman–Crippen MR) is 138 cm³/mol. The maximum absolute atomic E-state index is 13.9. The molecular formula is C27H25N6O3P. The van der Waals surface area contributed by atoms with Crippen molar-refractivity contribution < 1.29 is 13.6 Å². The van der Waals surface area contributed by atoms with E-state index in [0.717, 1.165) is 5.56 Å². The molecule has 10 heteroatoms. The third-order valence-corrected chi connectivity index (χ3v) is 6.67. The zero-order chi connectivity index (χ0) is 25.8. The first-order valence-corrected chi connectivity index (χ1v) is 13.4. The summed E-state index contributed by atoms with van der Waals surface area (Å²) in [6, 6.07) is 28.9. The predicted octanol–water partition coefficient (Wildman–Crippen LogP) is 4.97. The molecule has 0 fully saturated rings. The van der Waals surface area contributed by atoms with E-state index >= 15 is 0 Å². The van der Waals surface area contributed by atoms with Crippen LogP contribution in [0, 0.1) is 23.2 Å². The van der Waals surface area contributed by atoms with Crippen LogP contribution in [0.5, 0.6) is 11.5 Å². The van der Waals surface area contributed by atoms with Crippen molar-refractivity contribution in [1.29, 1.82) is 5.26 Å². The lowest BCUT2D eigenvalue weighted by Gasteiger charge is -2.23. The number of hydrogen-bond acceptors (Lipinski definition) is 8. The van der Waals surface area contributed by atoms with Crippen LogP contribution in [0.2, 0.25) is 0 Å². The normalized spacial score (nSPS) is 11.5. The maximum atomic E-state index is 13.9. The second kappa shape index (κ2) is 13.0. The fourth-order valence-electron chi connectivity index (χ4n) is 3.40. The Bertz CT molecular complexity index is 1370. The van der Waals surface area contributed by atoms with Crippen molar-refractivity contribution in [2.24, 2.45) is 0 Å². The fourth-order valence-corrected chi connectivity index (χ4v) is 4.89. The van der Waals surface area contributed by atoms with Gasteiger partial charge in [-0.15, -0.1) is 5.10 Å². The van der Waals surface area contributed by atoms with Gasteiger partial charge >= 0.3 is 7.60 Å². The molecular weight excluding hydrogens is 487 g/mol. The molecule has 9 nitrogen and oxygen atoms in total. The zero-order valence-corrected chi connectivity index (χ0v) is 20.9. The van der Waals surface area contributed by atoms with Crippen molar-refractivity contribution in [1.82, 2.24) is 25.5 Å². The number of nitriles is 1. The molecule has 1 N–H and O–H groups in total. The molecule has 1 heterocycles. The van der Waals surface area contributed by atoms with Crippen molar-refractivity contribution in [3.05, 3.63) is 102 Å². The van der Waals surface area contributed by atoms with Crippen molar-refractivity contribution in [2.45, 2.75) is 25.4 Å². The molecule has 0 saturated carbocycles. The molecule has 186 valence electrons. The first-order chi connectivity index (χ1) is 18.1. The fraction of sp³-hybridized carbons (Fsp3) is 0.185. The second-order valence-corrected chi connectivity index (χ2v) is 9.78. The summed E-state index contributed by atoms with van der Waals surface area (Å²) in [6.45, 7) is 0.321. The van der Waals surface area contributed by atoms with E-state index < -0.39 is 13.6 Å². The van der Waals surface area contributed by atoms with Gasteiger partial charge in [-0.25, -0.2) is 9.25 Å². The summed E-state index contributed by atoms with van der Waals surface area (Å²) in [5, 5.41) is 24.2.